The molecule has 0 radical (unpaired) electrons. The van der Waals surface area contributed by atoms with Gasteiger partial charge in [-0.3, -0.25) is 4.79 Å². The van der Waals surface area contributed by atoms with Gasteiger partial charge in [-0.25, -0.2) is 4.98 Å². The molecule has 0 saturated carbocycles. The van der Waals surface area contributed by atoms with Gasteiger partial charge in [0.2, 0.25) is 5.89 Å². The van der Waals surface area contributed by atoms with Crippen molar-refractivity contribution in [2.45, 2.75) is 13.5 Å². The predicted octanol–water partition coefficient (Wildman–Crippen LogP) is 3.13. The van der Waals surface area contributed by atoms with Crippen LogP contribution in [0.1, 0.15) is 21.9 Å². The second-order valence-corrected chi connectivity index (χ2v) is 6.79. The predicted molar refractivity (Wildman–Crippen MR) is 114 cm³/mol. The van der Waals surface area contributed by atoms with Gasteiger partial charge in [-0.15, -0.1) is 0 Å². The Morgan fingerprint density at radius 2 is 1.81 bits per heavy atom. The molecule has 0 atom stereocenters. The molecular formula is C22H21N5O5. The van der Waals surface area contributed by atoms with Crippen LogP contribution < -0.4 is 19.9 Å². The number of methoxy groups -OCH3 is 2. The average molecular weight is 435 g/mol. The number of H-pyrrole nitrogens is 1. The minimum absolute atomic E-state index is 0.0809. The first-order valence-electron chi connectivity index (χ1n) is 9.62. The van der Waals surface area contributed by atoms with Gasteiger partial charge in [0.15, 0.2) is 5.69 Å². The van der Waals surface area contributed by atoms with Crippen molar-refractivity contribution in [2.75, 3.05) is 14.2 Å². The van der Waals surface area contributed by atoms with E-state index in [1.165, 1.54) is 0 Å². The fourth-order valence-electron chi connectivity index (χ4n) is 3.12. The molecule has 4 rings (SSSR count). The molecule has 0 saturated heterocycles. The number of aryl methyl sites for hydroxylation is 1. The number of hydrogen-bond donors (Lipinski definition) is 2. The van der Waals surface area contributed by atoms with Gasteiger partial charge in [0.1, 0.15) is 41.0 Å². The Morgan fingerprint density at radius 3 is 2.50 bits per heavy atom. The molecule has 10 heteroatoms. The van der Waals surface area contributed by atoms with Crippen molar-refractivity contribution in [1.29, 1.82) is 0 Å². The lowest BCUT2D eigenvalue weighted by Crippen LogP contribution is -2.12. The Balaban J connectivity index is 1.50. The molecule has 0 aliphatic carbocycles. The summed E-state index contributed by atoms with van der Waals surface area (Å²) >= 11 is 0. The van der Waals surface area contributed by atoms with Gasteiger partial charge in [-0.05, 0) is 49.4 Å². The first-order chi connectivity index (χ1) is 15.5. The topological polar surface area (TPSA) is 138 Å². The van der Waals surface area contributed by atoms with E-state index >= 15 is 0 Å². The quantitative estimate of drug-likeness (QED) is 0.430. The molecule has 32 heavy (non-hydrogen) atoms. The summed E-state index contributed by atoms with van der Waals surface area (Å²) in [6, 6.07) is 12.5. The molecule has 2 aromatic carbocycles. The van der Waals surface area contributed by atoms with Crippen LogP contribution in [0.4, 0.5) is 0 Å². The summed E-state index contributed by atoms with van der Waals surface area (Å²) in [5, 5.41) is 10.2. The van der Waals surface area contributed by atoms with E-state index in [1.807, 2.05) is 6.92 Å². The number of rotatable bonds is 8. The summed E-state index contributed by atoms with van der Waals surface area (Å²) < 4.78 is 22.4. The van der Waals surface area contributed by atoms with E-state index in [0.29, 0.717) is 51.4 Å². The highest BCUT2D eigenvalue weighted by atomic mass is 16.5. The van der Waals surface area contributed by atoms with Crippen molar-refractivity contribution < 1.29 is 23.4 Å². The highest BCUT2D eigenvalue weighted by Gasteiger charge is 2.18. The van der Waals surface area contributed by atoms with Crippen molar-refractivity contribution >= 4 is 5.91 Å². The van der Waals surface area contributed by atoms with Crippen LogP contribution in [0.25, 0.3) is 22.7 Å². The monoisotopic (exact) mass is 435 g/mol. The fraction of sp³-hybridized carbons (Fsp3) is 0.182. The number of carbonyl (C=O) groups excluding carboxylic acids is 1. The molecule has 0 aliphatic rings. The number of nitrogens with zero attached hydrogens (tertiary/aromatic N) is 3. The van der Waals surface area contributed by atoms with Crippen LogP contribution >= 0.6 is 0 Å². The SMILES string of the molecule is COc1ccc(OC)c(-c2nc(COc3ccc(-c4n[nH]nc4C(N)=O)cc3)c(C)o2)c1. The zero-order chi connectivity index (χ0) is 22.7. The lowest BCUT2D eigenvalue weighted by Gasteiger charge is -2.07. The summed E-state index contributed by atoms with van der Waals surface area (Å²) in [6.45, 7) is 2.03. The number of aromatic amines is 1. The Kier molecular flexibility index (Phi) is 5.75. The number of hydrogen-bond acceptors (Lipinski definition) is 8. The molecule has 10 nitrogen and oxygen atoms in total. The number of ether oxygens (including phenoxy) is 3. The maximum absolute atomic E-state index is 11.4. The molecule has 0 aliphatic heterocycles. The molecule has 0 unspecified atom stereocenters. The van der Waals surface area contributed by atoms with E-state index in [2.05, 4.69) is 20.4 Å². The van der Waals surface area contributed by atoms with Crippen molar-refractivity contribution in [3.63, 3.8) is 0 Å². The number of carbonyl (C=O) groups is 1. The first kappa shape index (κ1) is 20.9. The second-order valence-electron chi connectivity index (χ2n) is 6.79. The van der Waals surface area contributed by atoms with E-state index in [1.54, 1.807) is 56.7 Å². The summed E-state index contributed by atoms with van der Waals surface area (Å²) in [6.07, 6.45) is 0. The molecule has 0 bridgehead atoms. The largest absolute Gasteiger partial charge is 0.497 e. The molecule has 0 spiro atoms. The van der Waals surface area contributed by atoms with Gasteiger partial charge < -0.3 is 24.4 Å². The molecule has 2 heterocycles. The number of aromatic nitrogens is 4. The van der Waals surface area contributed by atoms with E-state index in [-0.39, 0.29) is 12.3 Å². The van der Waals surface area contributed by atoms with Crippen LogP contribution in [0, 0.1) is 6.92 Å². The third-order valence-corrected chi connectivity index (χ3v) is 4.81. The van der Waals surface area contributed by atoms with E-state index < -0.39 is 5.91 Å². The third-order valence-electron chi connectivity index (χ3n) is 4.81. The van der Waals surface area contributed by atoms with Crippen LogP contribution in [0.3, 0.4) is 0 Å². The number of amides is 1. The molecule has 3 N–H and O–H groups in total. The van der Waals surface area contributed by atoms with Crippen LogP contribution in [0.2, 0.25) is 0 Å². The fourth-order valence-corrected chi connectivity index (χ4v) is 3.12. The van der Waals surface area contributed by atoms with Gasteiger partial charge in [0.05, 0.1) is 19.8 Å². The second kappa shape index (κ2) is 8.80. The lowest BCUT2D eigenvalue weighted by molar-refractivity contribution is 0.0996. The molecule has 4 aromatic rings. The Labute approximate surface area is 183 Å². The van der Waals surface area contributed by atoms with Crippen LogP contribution in [0.5, 0.6) is 17.2 Å². The van der Waals surface area contributed by atoms with Crippen LogP contribution in [0.15, 0.2) is 46.9 Å². The summed E-state index contributed by atoms with van der Waals surface area (Å²) in [4.78, 5) is 16.0. The lowest BCUT2D eigenvalue weighted by atomic mass is 10.1. The number of nitrogens with one attached hydrogen (secondary N) is 1. The van der Waals surface area contributed by atoms with Crippen molar-refractivity contribution in [1.82, 2.24) is 20.4 Å². The maximum Gasteiger partial charge on any atom is 0.271 e. The van der Waals surface area contributed by atoms with Crippen molar-refractivity contribution in [3.8, 4) is 40.0 Å². The Morgan fingerprint density at radius 1 is 1.06 bits per heavy atom. The van der Waals surface area contributed by atoms with E-state index in [0.717, 1.165) is 0 Å². The average Bonchev–Trinajstić information content (AvgIpc) is 3.44. The number of primary amides is 1. The number of benzene rings is 2. The standard InChI is InChI=1S/C22H21N5O5/c1-12-17(24-22(32-12)16-10-15(29-2)8-9-18(16)30-3)11-31-14-6-4-13(5-7-14)19-20(21(23)28)26-27-25-19/h4-10H,11H2,1-3H3,(H2,23,28)(H,25,26,27). The number of oxazole rings is 1. The van der Waals surface area contributed by atoms with Gasteiger partial charge in [-0.2, -0.15) is 15.4 Å². The summed E-state index contributed by atoms with van der Waals surface area (Å²) in [5.74, 6) is 2.30. The van der Waals surface area contributed by atoms with Gasteiger partial charge >= 0.3 is 0 Å². The molecular weight excluding hydrogens is 414 g/mol. The van der Waals surface area contributed by atoms with Crippen LogP contribution in [-0.4, -0.2) is 40.5 Å². The van der Waals surface area contributed by atoms with E-state index in [4.69, 9.17) is 24.4 Å². The van der Waals surface area contributed by atoms with Crippen molar-refractivity contribution in [3.05, 3.63) is 59.6 Å². The molecule has 0 fully saturated rings. The normalized spacial score (nSPS) is 10.7. The van der Waals surface area contributed by atoms with Gasteiger partial charge in [0.25, 0.3) is 5.91 Å². The summed E-state index contributed by atoms with van der Waals surface area (Å²) in [7, 11) is 3.18. The molecule has 164 valence electrons. The highest BCUT2D eigenvalue weighted by Crippen LogP contribution is 2.34. The summed E-state index contributed by atoms with van der Waals surface area (Å²) in [5.41, 5.74) is 7.80. The smallest absolute Gasteiger partial charge is 0.271 e. The zero-order valence-corrected chi connectivity index (χ0v) is 17.7. The first-order valence-corrected chi connectivity index (χ1v) is 9.62. The zero-order valence-electron chi connectivity index (χ0n) is 17.7. The molecule has 2 aromatic heterocycles. The Bertz CT molecular complexity index is 1250. The minimum Gasteiger partial charge on any atom is -0.497 e. The van der Waals surface area contributed by atoms with Crippen LogP contribution in [-0.2, 0) is 6.61 Å². The van der Waals surface area contributed by atoms with E-state index in [9.17, 15) is 4.79 Å². The van der Waals surface area contributed by atoms with Gasteiger partial charge in [-0.1, -0.05) is 0 Å². The Hall–Kier alpha value is -4.34. The maximum atomic E-state index is 11.4. The third kappa shape index (κ3) is 4.10. The highest BCUT2D eigenvalue weighted by molar-refractivity contribution is 5.96. The van der Waals surface area contributed by atoms with Gasteiger partial charge in [0, 0.05) is 5.56 Å². The van der Waals surface area contributed by atoms with Crippen molar-refractivity contribution in [2.24, 2.45) is 5.73 Å². The minimum atomic E-state index is -0.654. The number of nitrogens with two attached hydrogens (primary N) is 1. The molecule has 1 amide bonds.